The highest BCUT2D eigenvalue weighted by Gasteiger charge is 2.24. The molecule has 2 aromatic heterocycles. The maximum Gasteiger partial charge on any atom is 0.271 e. The van der Waals surface area contributed by atoms with Gasteiger partial charge in [-0.2, -0.15) is 0 Å². The average molecular weight is 519 g/mol. The highest BCUT2D eigenvalue weighted by Crippen LogP contribution is 2.39. The van der Waals surface area contributed by atoms with Gasteiger partial charge in [-0.25, -0.2) is 13.4 Å². The molecule has 12 heteroatoms. The van der Waals surface area contributed by atoms with Gasteiger partial charge in [0.2, 0.25) is 0 Å². The van der Waals surface area contributed by atoms with Crippen LogP contribution in [0.4, 0.5) is 11.5 Å². The number of hydrogen-bond acceptors (Lipinski definition) is 8. The van der Waals surface area contributed by atoms with Crippen LogP contribution in [0, 0.1) is 0 Å². The molecule has 1 aliphatic heterocycles. The zero-order valence-electron chi connectivity index (χ0n) is 17.8. The Morgan fingerprint density at radius 3 is 2.44 bits per heavy atom. The predicted octanol–water partition coefficient (Wildman–Crippen LogP) is 3.94. The fourth-order valence-corrected chi connectivity index (χ4v) is 6.13. The molecule has 3 heterocycles. The van der Waals surface area contributed by atoms with E-state index in [1.807, 2.05) is 6.07 Å². The number of nitrogens with zero attached hydrogens (tertiary/aromatic N) is 3. The van der Waals surface area contributed by atoms with Crippen LogP contribution in [0.2, 0.25) is 5.02 Å². The van der Waals surface area contributed by atoms with Gasteiger partial charge in [0.15, 0.2) is 0 Å². The first kappa shape index (κ1) is 24.7. The Kier molecular flexibility index (Phi) is 7.61. The van der Waals surface area contributed by atoms with Crippen molar-refractivity contribution in [2.45, 2.75) is 4.21 Å². The Labute approximate surface area is 202 Å². The summed E-state index contributed by atoms with van der Waals surface area (Å²) in [5.41, 5.74) is 0.249. The van der Waals surface area contributed by atoms with E-state index in [1.54, 1.807) is 12.3 Å². The lowest BCUT2D eigenvalue weighted by atomic mass is 10.2. The van der Waals surface area contributed by atoms with Crippen molar-refractivity contribution in [2.75, 3.05) is 57.1 Å². The number of thiophene rings is 1. The van der Waals surface area contributed by atoms with Gasteiger partial charge in [0.25, 0.3) is 10.0 Å². The van der Waals surface area contributed by atoms with Crippen LogP contribution in [-0.2, 0) is 10.0 Å². The van der Waals surface area contributed by atoms with Crippen molar-refractivity contribution in [3.8, 4) is 11.5 Å². The fraction of sp³-hybridized carbons (Fsp3) is 0.350. The van der Waals surface area contributed by atoms with Crippen LogP contribution in [0.1, 0.15) is 0 Å². The van der Waals surface area contributed by atoms with Crippen molar-refractivity contribution < 1.29 is 17.9 Å². The summed E-state index contributed by atoms with van der Waals surface area (Å²) >= 11 is 7.33. The van der Waals surface area contributed by atoms with Crippen molar-refractivity contribution in [3.05, 3.63) is 35.5 Å². The number of pyridine rings is 1. The molecule has 0 unspecified atom stereocenters. The number of aromatic nitrogens is 1. The molecule has 1 saturated heterocycles. The maximum atomic E-state index is 13.2. The van der Waals surface area contributed by atoms with Gasteiger partial charge in [0.05, 0.1) is 24.9 Å². The molecule has 0 atom stereocenters. The largest absolute Gasteiger partial charge is 0.495 e. The number of nitrogens with one attached hydrogen (secondary N) is 1. The second-order valence-corrected chi connectivity index (χ2v) is 10.6. The van der Waals surface area contributed by atoms with Gasteiger partial charge in [-0.3, -0.25) is 4.72 Å². The van der Waals surface area contributed by atoms with Gasteiger partial charge in [-0.1, -0.05) is 11.6 Å². The number of rotatable bonds is 6. The molecule has 32 heavy (non-hydrogen) atoms. The highest BCUT2D eigenvalue weighted by atomic mass is 35.5. The molecule has 1 aliphatic rings. The Hall–Kier alpha value is -1.98. The number of anilines is 2. The summed E-state index contributed by atoms with van der Waals surface area (Å²) in [6, 6.07) is 6.54. The third kappa shape index (κ3) is 4.84. The zero-order chi connectivity index (χ0) is 22.2. The van der Waals surface area contributed by atoms with E-state index in [0.717, 1.165) is 42.1 Å². The van der Waals surface area contributed by atoms with Crippen molar-refractivity contribution >= 4 is 67.0 Å². The molecule has 4 rings (SSSR count). The lowest BCUT2D eigenvalue weighted by Crippen LogP contribution is -2.44. The molecule has 8 nitrogen and oxygen atoms in total. The third-order valence-electron chi connectivity index (χ3n) is 5.19. The maximum absolute atomic E-state index is 13.2. The molecular weight excluding hydrogens is 495 g/mol. The second-order valence-electron chi connectivity index (χ2n) is 7.19. The Bertz CT molecular complexity index is 1210. The van der Waals surface area contributed by atoms with Crippen molar-refractivity contribution in [1.29, 1.82) is 0 Å². The molecule has 3 aromatic rings. The van der Waals surface area contributed by atoms with Crippen molar-refractivity contribution in [1.82, 2.24) is 9.88 Å². The summed E-state index contributed by atoms with van der Waals surface area (Å²) in [5.74, 6) is 1.46. The fourth-order valence-electron chi connectivity index (χ4n) is 3.46. The van der Waals surface area contributed by atoms with Gasteiger partial charge in [-0.05, 0) is 19.2 Å². The summed E-state index contributed by atoms with van der Waals surface area (Å²) < 4.78 is 40.5. The van der Waals surface area contributed by atoms with E-state index < -0.39 is 10.0 Å². The van der Waals surface area contributed by atoms with Crippen LogP contribution in [0.5, 0.6) is 11.5 Å². The number of benzene rings is 1. The number of hydrogen-bond donors (Lipinski definition) is 1. The van der Waals surface area contributed by atoms with Crippen LogP contribution in [-0.4, -0.2) is 65.7 Å². The van der Waals surface area contributed by atoms with Gasteiger partial charge in [0, 0.05) is 54.6 Å². The summed E-state index contributed by atoms with van der Waals surface area (Å²) in [4.78, 5) is 9.00. The van der Waals surface area contributed by atoms with E-state index in [0.29, 0.717) is 16.5 Å². The minimum Gasteiger partial charge on any atom is -0.495 e. The number of methoxy groups -OCH3 is 2. The normalized spacial score (nSPS) is 14.8. The summed E-state index contributed by atoms with van der Waals surface area (Å²) in [6.45, 7) is 3.57. The van der Waals surface area contributed by atoms with Crippen molar-refractivity contribution in [2.24, 2.45) is 0 Å². The summed E-state index contributed by atoms with van der Waals surface area (Å²) in [6.07, 6.45) is 1.73. The van der Waals surface area contributed by atoms with Gasteiger partial charge < -0.3 is 19.3 Å². The van der Waals surface area contributed by atoms with Gasteiger partial charge in [0.1, 0.15) is 21.5 Å². The van der Waals surface area contributed by atoms with Crippen LogP contribution in [0.3, 0.4) is 0 Å². The number of likely N-dealkylation sites (N-methyl/N-ethyl adjacent to an activating group) is 1. The van der Waals surface area contributed by atoms with E-state index in [4.69, 9.17) is 21.1 Å². The minimum absolute atomic E-state index is 0. The first-order chi connectivity index (χ1) is 14.8. The summed E-state index contributed by atoms with van der Waals surface area (Å²) in [5, 5.41) is 1.16. The number of piperazine rings is 1. The minimum atomic E-state index is -3.87. The molecule has 0 amide bonds. The van der Waals surface area contributed by atoms with Gasteiger partial charge >= 0.3 is 0 Å². The lowest BCUT2D eigenvalue weighted by Gasteiger charge is -2.33. The molecule has 0 radical (unpaired) electrons. The summed E-state index contributed by atoms with van der Waals surface area (Å²) in [7, 11) is 1.13. The molecular formula is C20H24Cl2N4O4S2. The van der Waals surface area contributed by atoms with Crippen LogP contribution >= 0.6 is 35.3 Å². The Morgan fingerprint density at radius 1 is 1.09 bits per heavy atom. The molecule has 0 bridgehead atoms. The number of halogens is 2. The van der Waals surface area contributed by atoms with E-state index in [9.17, 15) is 8.42 Å². The lowest BCUT2D eigenvalue weighted by molar-refractivity contribution is 0.312. The van der Waals surface area contributed by atoms with E-state index in [2.05, 4.69) is 26.6 Å². The molecule has 0 saturated carbocycles. The first-order valence-electron chi connectivity index (χ1n) is 9.59. The quantitative estimate of drug-likeness (QED) is 0.528. The Balaban J connectivity index is 0.00000289. The molecule has 1 fully saturated rings. The Morgan fingerprint density at radius 2 is 1.78 bits per heavy atom. The molecule has 1 aromatic carbocycles. The van der Waals surface area contributed by atoms with Crippen LogP contribution in [0.15, 0.2) is 34.7 Å². The topological polar surface area (TPSA) is 84.0 Å². The van der Waals surface area contributed by atoms with Crippen LogP contribution < -0.4 is 19.1 Å². The number of ether oxygens (including phenoxy) is 2. The molecule has 1 N–H and O–H groups in total. The molecule has 174 valence electrons. The standard InChI is InChI=1S/C20H23ClN4O4S2.ClH/c1-24-6-8-25(9-7-24)20-13-10-19(30-18(13)4-5-22-20)31(26,27)23-15-12-16(28-2)14(21)11-17(15)29-3;/h4-5,10-12,23H,6-9H2,1-3H3;1H. The monoisotopic (exact) mass is 518 g/mol. The van der Waals surface area contributed by atoms with Crippen LogP contribution in [0.25, 0.3) is 10.1 Å². The van der Waals surface area contributed by atoms with Gasteiger partial charge in [-0.15, -0.1) is 23.7 Å². The smallest absolute Gasteiger partial charge is 0.271 e. The highest BCUT2D eigenvalue weighted by molar-refractivity contribution is 7.94. The number of sulfonamides is 1. The first-order valence-corrected chi connectivity index (χ1v) is 12.3. The molecule has 0 spiro atoms. The average Bonchev–Trinajstić information content (AvgIpc) is 3.21. The van der Waals surface area contributed by atoms with Crippen molar-refractivity contribution in [3.63, 3.8) is 0 Å². The van der Waals surface area contributed by atoms with E-state index >= 15 is 0 Å². The second kappa shape index (κ2) is 9.88. The number of fused-ring (bicyclic) bond motifs is 1. The van der Waals surface area contributed by atoms with E-state index in [-0.39, 0.29) is 22.3 Å². The predicted molar refractivity (Wildman–Crippen MR) is 132 cm³/mol. The zero-order valence-corrected chi connectivity index (χ0v) is 21.0. The molecule has 0 aliphatic carbocycles. The van der Waals surface area contributed by atoms with E-state index in [1.165, 1.54) is 37.7 Å². The third-order valence-corrected chi connectivity index (χ3v) is 8.42. The SMILES string of the molecule is COc1cc(NS(=O)(=O)c2cc3c(N4CCN(C)CC4)nccc3s2)c(OC)cc1Cl.Cl.